The summed E-state index contributed by atoms with van der Waals surface area (Å²) >= 11 is 6.04. The van der Waals surface area contributed by atoms with E-state index in [1.54, 1.807) is 67.6 Å². The summed E-state index contributed by atoms with van der Waals surface area (Å²) in [7, 11) is -3.44. The lowest BCUT2D eigenvalue weighted by molar-refractivity contribution is 0.0130. The van der Waals surface area contributed by atoms with E-state index in [0.717, 1.165) is 13.2 Å². The summed E-state index contributed by atoms with van der Waals surface area (Å²) in [5.41, 5.74) is 8.82. The lowest BCUT2D eigenvalue weighted by Gasteiger charge is -2.26. The quantitative estimate of drug-likeness (QED) is 0.224. The van der Waals surface area contributed by atoms with Gasteiger partial charge in [-0.1, -0.05) is 41.9 Å². The van der Waals surface area contributed by atoms with E-state index in [-0.39, 0.29) is 10.6 Å². The van der Waals surface area contributed by atoms with Gasteiger partial charge in [0.15, 0.2) is 9.84 Å². The molecule has 0 aliphatic heterocycles. The molecule has 0 radical (unpaired) electrons. The van der Waals surface area contributed by atoms with Gasteiger partial charge in [-0.3, -0.25) is 5.01 Å². The van der Waals surface area contributed by atoms with E-state index in [4.69, 9.17) is 23.2 Å². The smallest absolute Gasteiger partial charge is 0.288 e. The zero-order valence-electron chi connectivity index (χ0n) is 20.9. The zero-order chi connectivity index (χ0) is 27.8. The molecule has 7 nitrogen and oxygen atoms in total. The monoisotopic (exact) mass is 557 g/mol. The second kappa shape index (κ2) is 10.2. The predicted octanol–water partition coefficient (Wildman–Crippen LogP) is 5.65. The van der Waals surface area contributed by atoms with Crippen LogP contribution in [0.15, 0.2) is 84.0 Å². The van der Waals surface area contributed by atoms with Gasteiger partial charge in [-0.2, -0.15) is 8.78 Å². The summed E-state index contributed by atoms with van der Waals surface area (Å²) < 4.78 is 53.9. The first-order valence-electron chi connectivity index (χ1n) is 11.4. The van der Waals surface area contributed by atoms with Gasteiger partial charge in [0, 0.05) is 36.2 Å². The van der Waals surface area contributed by atoms with E-state index in [9.17, 15) is 17.2 Å². The Morgan fingerprint density at radius 1 is 1.08 bits per heavy atom. The van der Waals surface area contributed by atoms with Crippen molar-refractivity contribution in [3.8, 4) is 16.8 Å². The normalized spacial score (nSPS) is 12.6. The molecule has 0 aliphatic rings. The molecule has 11 heteroatoms. The molecule has 0 saturated carbocycles. The number of sulfone groups is 1. The topological polar surface area (TPSA) is 107 Å². The Balaban J connectivity index is 1.93. The number of hydrazine groups is 1. The molecule has 4 rings (SSSR count). The third-order valence-corrected chi connectivity index (χ3v) is 7.34. The molecule has 198 valence electrons. The van der Waals surface area contributed by atoms with E-state index < -0.39 is 15.8 Å². The second-order valence-electron chi connectivity index (χ2n) is 8.86. The summed E-state index contributed by atoms with van der Waals surface area (Å²) in [6.07, 6.45) is 3.73. The highest BCUT2D eigenvalue weighted by atomic mass is 35.5. The molecule has 1 heterocycles. The number of hydrogen-bond donors (Lipinski definition) is 2. The summed E-state index contributed by atoms with van der Waals surface area (Å²) in [5, 5.41) is 1.87. The van der Waals surface area contributed by atoms with Crippen molar-refractivity contribution in [2.75, 3.05) is 11.3 Å². The maximum atomic E-state index is 14.1. The summed E-state index contributed by atoms with van der Waals surface area (Å²) in [6, 6.07) is 18.6. The fourth-order valence-electron chi connectivity index (χ4n) is 4.00. The Kier molecular flexibility index (Phi) is 7.33. The lowest BCUT2D eigenvalue weighted by atomic mass is 10.0. The van der Waals surface area contributed by atoms with Gasteiger partial charge in [-0.15, -0.1) is 0 Å². The fourth-order valence-corrected chi connectivity index (χ4v) is 4.79. The van der Waals surface area contributed by atoms with Crippen LogP contribution in [0, 0.1) is 6.92 Å². The van der Waals surface area contributed by atoms with Crippen LogP contribution in [0.4, 0.5) is 14.5 Å². The minimum atomic E-state index is -3.44. The minimum absolute atomic E-state index is 0.161. The van der Waals surface area contributed by atoms with Crippen LogP contribution in [0.1, 0.15) is 24.0 Å². The molecule has 1 aromatic heterocycles. The Hall–Kier alpha value is -3.73. The molecule has 0 atom stereocenters. The average molecular weight is 558 g/mol. The van der Waals surface area contributed by atoms with Crippen molar-refractivity contribution in [1.82, 2.24) is 9.55 Å². The number of rotatable bonds is 7. The van der Waals surface area contributed by atoms with Gasteiger partial charge in [0.1, 0.15) is 11.5 Å². The van der Waals surface area contributed by atoms with Crippen molar-refractivity contribution >= 4 is 32.8 Å². The summed E-state index contributed by atoms with van der Waals surface area (Å²) in [4.78, 5) is 4.21. The van der Waals surface area contributed by atoms with Gasteiger partial charge in [0.2, 0.25) is 0 Å². The van der Waals surface area contributed by atoms with Gasteiger partial charge in [0.25, 0.3) is 5.92 Å². The first kappa shape index (κ1) is 27.3. The number of halogens is 3. The number of imidazole rings is 1. The van der Waals surface area contributed by atoms with Gasteiger partial charge in [-0.05, 0) is 54.4 Å². The van der Waals surface area contributed by atoms with Gasteiger partial charge in [0.05, 0.1) is 22.0 Å². The van der Waals surface area contributed by atoms with Crippen LogP contribution in [0.3, 0.4) is 0 Å². The highest BCUT2D eigenvalue weighted by Gasteiger charge is 2.29. The number of nitrogens with two attached hydrogens (primary N) is 2. The second-order valence-corrected chi connectivity index (χ2v) is 11.3. The molecule has 0 bridgehead atoms. The Morgan fingerprint density at radius 2 is 1.74 bits per heavy atom. The summed E-state index contributed by atoms with van der Waals surface area (Å²) in [6.45, 7) is 2.39. The van der Waals surface area contributed by atoms with Crippen LogP contribution >= 0.6 is 11.6 Å². The van der Waals surface area contributed by atoms with Crippen molar-refractivity contribution in [3.63, 3.8) is 0 Å². The number of benzene rings is 3. The van der Waals surface area contributed by atoms with Gasteiger partial charge < -0.3 is 10.3 Å². The van der Waals surface area contributed by atoms with E-state index in [2.05, 4.69) is 4.98 Å². The largest absolute Gasteiger partial charge is 0.403 e. The van der Waals surface area contributed by atoms with Crippen molar-refractivity contribution in [1.29, 1.82) is 0 Å². The number of hydrogen-bond acceptors (Lipinski definition) is 6. The molecule has 0 unspecified atom stereocenters. The summed E-state index contributed by atoms with van der Waals surface area (Å²) in [5.74, 6) is 3.81. The number of anilines is 1. The van der Waals surface area contributed by atoms with Crippen LogP contribution in [0.5, 0.6) is 0 Å². The maximum absolute atomic E-state index is 14.1. The van der Waals surface area contributed by atoms with Crippen LogP contribution in [-0.2, 0) is 15.8 Å². The van der Waals surface area contributed by atoms with Crippen molar-refractivity contribution in [2.24, 2.45) is 11.6 Å². The van der Waals surface area contributed by atoms with Crippen LogP contribution in [0.2, 0.25) is 5.02 Å². The number of aryl methyl sites for hydroxylation is 1. The predicted molar refractivity (Wildman–Crippen MR) is 147 cm³/mol. The molecule has 0 spiro atoms. The molecular formula is C27H26ClF2N5O2S. The van der Waals surface area contributed by atoms with Crippen molar-refractivity contribution < 1.29 is 17.2 Å². The number of alkyl halides is 2. The molecule has 3 aromatic carbocycles. The zero-order valence-corrected chi connectivity index (χ0v) is 22.4. The fraction of sp³-hybridized carbons (Fsp3) is 0.148. The highest BCUT2D eigenvalue weighted by molar-refractivity contribution is 7.90. The van der Waals surface area contributed by atoms with E-state index in [1.807, 2.05) is 0 Å². The van der Waals surface area contributed by atoms with Gasteiger partial charge >= 0.3 is 0 Å². The molecule has 0 amide bonds. The van der Waals surface area contributed by atoms with E-state index in [1.165, 1.54) is 28.0 Å². The van der Waals surface area contributed by atoms with E-state index in [0.29, 0.717) is 44.6 Å². The third kappa shape index (κ3) is 5.57. The molecular weight excluding hydrogens is 532 g/mol. The first-order valence-corrected chi connectivity index (χ1v) is 13.7. The standard InChI is InChI=1S/C27H26ClF2N5O2S/c1-17-33-26(27(2,29)30)16-34(17)23-12-9-20(19-5-4-6-22(13-19)38(3,36)37)14-24(23)35(32)25(15-31)18-7-10-21(28)11-8-18/h4-16H,31-32H2,1-3H3/b25-15-. The molecule has 4 N–H and O–H groups in total. The molecule has 0 aliphatic carbocycles. The van der Waals surface area contributed by atoms with Crippen molar-refractivity contribution in [2.45, 2.75) is 24.7 Å². The lowest BCUT2D eigenvalue weighted by Crippen LogP contribution is -2.31. The Bertz CT molecular complexity index is 1630. The molecule has 0 fully saturated rings. The first-order chi connectivity index (χ1) is 17.8. The van der Waals surface area contributed by atoms with Crippen molar-refractivity contribution in [3.05, 3.63) is 101 Å². The maximum Gasteiger partial charge on any atom is 0.288 e. The Morgan fingerprint density at radius 3 is 2.32 bits per heavy atom. The minimum Gasteiger partial charge on any atom is -0.403 e. The molecule has 38 heavy (non-hydrogen) atoms. The third-order valence-electron chi connectivity index (χ3n) is 5.98. The Labute approximate surface area is 224 Å². The average Bonchev–Trinajstić information content (AvgIpc) is 3.27. The number of aromatic nitrogens is 2. The molecule has 4 aromatic rings. The number of nitrogens with zero attached hydrogens (tertiary/aromatic N) is 3. The highest BCUT2D eigenvalue weighted by Crippen LogP contribution is 2.36. The van der Waals surface area contributed by atoms with Crippen LogP contribution < -0.4 is 16.6 Å². The molecule has 0 saturated heterocycles. The van der Waals surface area contributed by atoms with Crippen LogP contribution in [0.25, 0.3) is 22.5 Å². The SMILES string of the molecule is Cc1nc(C(C)(F)F)cn1-c1ccc(-c2cccc(S(C)(=O)=O)c2)cc1N(N)/C(=C\N)c1ccc(Cl)cc1. The van der Waals surface area contributed by atoms with E-state index >= 15 is 0 Å². The van der Waals surface area contributed by atoms with Crippen LogP contribution in [-0.4, -0.2) is 24.2 Å². The van der Waals surface area contributed by atoms with Gasteiger partial charge in [-0.25, -0.2) is 19.2 Å².